The number of anilines is 1. The Balaban J connectivity index is 1.56. The molecule has 0 saturated heterocycles. The van der Waals surface area contributed by atoms with Crippen LogP contribution in [0, 0.1) is 5.82 Å². The molecule has 0 radical (unpaired) electrons. The van der Waals surface area contributed by atoms with Gasteiger partial charge in [-0.05, 0) is 55.0 Å². The highest BCUT2D eigenvalue weighted by Gasteiger charge is 2.19. The number of benzene rings is 3. The molecule has 0 spiro atoms. The van der Waals surface area contributed by atoms with Gasteiger partial charge in [0.15, 0.2) is 6.10 Å². The van der Waals surface area contributed by atoms with Gasteiger partial charge in [-0.25, -0.2) is 9.18 Å². The molecule has 0 bridgehead atoms. The maximum atomic E-state index is 12.9. The Kier molecular flexibility index (Phi) is 6.58. The lowest BCUT2D eigenvalue weighted by Crippen LogP contribution is -2.30. The molecule has 1 N–H and O–H groups in total. The highest BCUT2D eigenvalue weighted by atomic mass is 19.1. The van der Waals surface area contributed by atoms with Crippen molar-refractivity contribution in [3.8, 4) is 5.75 Å². The summed E-state index contributed by atoms with van der Waals surface area (Å²) in [4.78, 5) is 24.6. The third kappa shape index (κ3) is 5.90. The molecule has 0 aliphatic rings. The Labute approximate surface area is 168 Å². The van der Waals surface area contributed by atoms with Crippen molar-refractivity contribution in [3.63, 3.8) is 0 Å². The monoisotopic (exact) mass is 393 g/mol. The van der Waals surface area contributed by atoms with Gasteiger partial charge in [0, 0.05) is 5.69 Å². The third-order valence-corrected chi connectivity index (χ3v) is 4.08. The van der Waals surface area contributed by atoms with E-state index in [4.69, 9.17) is 9.47 Å². The van der Waals surface area contributed by atoms with Crippen LogP contribution in [-0.4, -0.2) is 18.0 Å². The van der Waals surface area contributed by atoms with Gasteiger partial charge in [-0.2, -0.15) is 0 Å². The molecule has 0 aliphatic heterocycles. The summed E-state index contributed by atoms with van der Waals surface area (Å²) in [6.07, 6.45) is -1.03. The number of rotatable bonds is 7. The summed E-state index contributed by atoms with van der Waals surface area (Å²) in [5, 5.41) is 2.57. The molecule has 0 unspecified atom stereocenters. The van der Waals surface area contributed by atoms with E-state index in [9.17, 15) is 14.0 Å². The molecule has 6 heteroatoms. The lowest BCUT2D eigenvalue weighted by Gasteiger charge is -2.14. The Morgan fingerprint density at radius 2 is 1.69 bits per heavy atom. The van der Waals surface area contributed by atoms with Gasteiger partial charge in [-0.1, -0.05) is 36.4 Å². The standard InChI is InChI=1S/C23H20FNO4/c1-16(22(26)25-20-12-10-19(24)11-13-20)29-23(27)18-8-5-9-21(14-18)28-15-17-6-3-2-4-7-17/h2-14,16H,15H2,1H3,(H,25,26)/t16-/m0/s1. The Bertz CT molecular complexity index is 974. The number of halogens is 1. The molecule has 0 aliphatic carbocycles. The fourth-order valence-corrected chi connectivity index (χ4v) is 2.51. The van der Waals surface area contributed by atoms with Crippen molar-refractivity contribution in [2.75, 3.05) is 5.32 Å². The average Bonchev–Trinajstić information content (AvgIpc) is 2.74. The largest absolute Gasteiger partial charge is 0.489 e. The van der Waals surface area contributed by atoms with Gasteiger partial charge in [0.05, 0.1) is 5.56 Å². The fourth-order valence-electron chi connectivity index (χ4n) is 2.51. The second-order valence-electron chi connectivity index (χ2n) is 6.35. The van der Waals surface area contributed by atoms with Crippen molar-refractivity contribution in [1.82, 2.24) is 0 Å². The number of esters is 1. The van der Waals surface area contributed by atoms with Crippen LogP contribution >= 0.6 is 0 Å². The van der Waals surface area contributed by atoms with Crippen LogP contribution in [0.15, 0.2) is 78.9 Å². The van der Waals surface area contributed by atoms with Gasteiger partial charge in [0.2, 0.25) is 0 Å². The van der Waals surface area contributed by atoms with Gasteiger partial charge in [-0.3, -0.25) is 4.79 Å². The van der Waals surface area contributed by atoms with E-state index in [0.29, 0.717) is 18.0 Å². The average molecular weight is 393 g/mol. The van der Waals surface area contributed by atoms with Crippen LogP contribution in [0.2, 0.25) is 0 Å². The lowest BCUT2D eigenvalue weighted by molar-refractivity contribution is -0.123. The Morgan fingerprint density at radius 1 is 0.966 bits per heavy atom. The molecule has 5 nitrogen and oxygen atoms in total. The second-order valence-corrected chi connectivity index (χ2v) is 6.35. The first-order chi connectivity index (χ1) is 14.0. The summed E-state index contributed by atoms with van der Waals surface area (Å²) >= 11 is 0. The van der Waals surface area contributed by atoms with Crippen LogP contribution in [0.4, 0.5) is 10.1 Å². The SMILES string of the molecule is C[C@H](OC(=O)c1cccc(OCc2ccccc2)c1)C(=O)Nc1ccc(F)cc1. The molecule has 148 valence electrons. The van der Waals surface area contributed by atoms with E-state index >= 15 is 0 Å². The van der Waals surface area contributed by atoms with Crippen LogP contribution in [-0.2, 0) is 16.1 Å². The van der Waals surface area contributed by atoms with E-state index in [2.05, 4.69) is 5.32 Å². The highest BCUT2D eigenvalue weighted by molar-refractivity contribution is 5.97. The summed E-state index contributed by atoms with van der Waals surface area (Å²) < 4.78 is 23.9. The molecule has 1 atom stereocenters. The van der Waals surface area contributed by atoms with E-state index in [1.165, 1.54) is 31.2 Å². The van der Waals surface area contributed by atoms with Gasteiger partial charge in [0.25, 0.3) is 5.91 Å². The van der Waals surface area contributed by atoms with Crippen LogP contribution in [0.1, 0.15) is 22.8 Å². The van der Waals surface area contributed by atoms with E-state index in [-0.39, 0.29) is 5.56 Å². The summed E-state index contributed by atoms with van der Waals surface area (Å²) in [5.74, 6) is -1.04. The minimum atomic E-state index is -1.03. The number of amides is 1. The minimum Gasteiger partial charge on any atom is -0.489 e. The lowest BCUT2D eigenvalue weighted by atomic mass is 10.2. The maximum absolute atomic E-state index is 12.9. The summed E-state index contributed by atoms with van der Waals surface area (Å²) in [6.45, 7) is 1.84. The summed E-state index contributed by atoms with van der Waals surface area (Å²) in [6, 6.07) is 21.5. The molecule has 1 amide bonds. The molecule has 0 saturated carbocycles. The van der Waals surface area contributed by atoms with E-state index in [1.54, 1.807) is 24.3 Å². The van der Waals surface area contributed by atoms with Crippen LogP contribution in [0.25, 0.3) is 0 Å². The van der Waals surface area contributed by atoms with Crippen LogP contribution in [0.5, 0.6) is 5.75 Å². The highest BCUT2D eigenvalue weighted by Crippen LogP contribution is 2.17. The van der Waals surface area contributed by atoms with Crippen molar-refractivity contribution < 1.29 is 23.5 Å². The summed E-state index contributed by atoms with van der Waals surface area (Å²) in [5.41, 5.74) is 1.69. The van der Waals surface area contributed by atoms with Gasteiger partial charge in [-0.15, -0.1) is 0 Å². The zero-order valence-corrected chi connectivity index (χ0v) is 15.8. The smallest absolute Gasteiger partial charge is 0.339 e. The van der Waals surface area contributed by atoms with E-state index in [1.807, 2.05) is 30.3 Å². The molecule has 3 rings (SSSR count). The van der Waals surface area contributed by atoms with Gasteiger partial charge in [0.1, 0.15) is 18.2 Å². The summed E-state index contributed by atoms with van der Waals surface area (Å²) in [7, 11) is 0. The number of ether oxygens (including phenoxy) is 2. The van der Waals surface area contributed by atoms with Gasteiger partial charge < -0.3 is 14.8 Å². The van der Waals surface area contributed by atoms with Gasteiger partial charge >= 0.3 is 5.97 Å². The number of hydrogen-bond donors (Lipinski definition) is 1. The quantitative estimate of drug-likeness (QED) is 0.597. The molecule has 0 fully saturated rings. The molecular formula is C23H20FNO4. The Hall–Kier alpha value is -3.67. The van der Waals surface area contributed by atoms with Crippen LogP contribution in [0.3, 0.4) is 0 Å². The predicted octanol–water partition coefficient (Wildman–Crippen LogP) is 4.59. The first-order valence-corrected chi connectivity index (χ1v) is 9.05. The number of carbonyl (C=O) groups excluding carboxylic acids is 2. The van der Waals surface area contributed by atoms with Crippen molar-refractivity contribution in [1.29, 1.82) is 0 Å². The van der Waals surface area contributed by atoms with Crippen LogP contribution < -0.4 is 10.1 Å². The van der Waals surface area contributed by atoms with Crippen molar-refractivity contribution in [3.05, 3.63) is 95.8 Å². The Morgan fingerprint density at radius 3 is 2.41 bits per heavy atom. The maximum Gasteiger partial charge on any atom is 0.339 e. The molecule has 0 aromatic heterocycles. The topological polar surface area (TPSA) is 64.6 Å². The predicted molar refractivity (Wildman–Crippen MR) is 107 cm³/mol. The van der Waals surface area contributed by atoms with E-state index < -0.39 is 23.8 Å². The molecular weight excluding hydrogens is 373 g/mol. The number of hydrogen-bond acceptors (Lipinski definition) is 4. The van der Waals surface area contributed by atoms with Crippen molar-refractivity contribution >= 4 is 17.6 Å². The van der Waals surface area contributed by atoms with Crippen molar-refractivity contribution in [2.24, 2.45) is 0 Å². The molecule has 3 aromatic rings. The second kappa shape index (κ2) is 9.50. The zero-order chi connectivity index (χ0) is 20.6. The molecule has 29 heavy (non-hydrogen) atoms. The first kappa shape index (κ1) is 20.1. The van der Waals surface area contributed by atoms with Crippen molar-refractivity contribution in [2.45, 2.75) is 19.6 Å². The fraction of sp³-hybridized carbons (Fsp3) is 0.130. The zero-order valence-electron chi connectivity index (χ0n) is 15.8. The molecule has 3 aromatic carbocycles. The van der Waals surface area contributed by atoms with E-state index in [0.717, 1.165) is 5.56 Å². The third-order valence-electron chi connectivity index (χ3n) is 4.08. The normalized spacial score (nSPS) is 11.4. The first-order valence-electron chi connectivity index (χ1n) is 9.05. The minimum absolute atomic E-state index is 0.275. The number of nitrogens with one attached hydrogen (secondary N) is 1. The molecule has 0 heterocycles. The number of carbonyl (C=O) groups is 2.